The van der Waals surface area contributed by atoms with E-state index >= 15 is 0 Å². The summed E-state index contributed by atoms with van der Waals surface area (Å²) < 4.78 is 5.69. The highest BCUT2D eigenvalue weighted by Crippen LogP contribution is 2.22. The molecule has 0 aromatic carbocycles. The number of nitrogens with two attached hydrogens (primary N) is 1. The second-order valence-electron chi connectivity index (χ2n) is 5.33. The van der Waals surface area contributed by atoms with Crippen molar-refractivity contribution in [2.24, 2.45) is 11.1 Å². The van der Waals surface area contributed by atoms with Gasteiger partial charge in [-0.05, 0) is 37.8 Å². The van der Waals surface area contributed by atoms with Crippen molar-refractivity contribution in [2.75, 3.05) is 32.8 Å². The Hall–Kier alpha value is -0.120. The van der Waals surface area contributed by atoms with Crippen LogP contribution in [0.3, 0.4) is 0 Å². The van der Waals surface area contributed by atoms with E-state index in [2.05, 4.69) is 25.7 Å². The molecule has 0 amide bonds. The maximum atomic E-state index is 5.87. The van der Waals surface area contributed by atoms with Crippen LogP contribution in [0.25, 0.3) is 0 Å². The van der Waals surface area contributed by atoms with Crippen LogP contribution >= 0.6 is 0 Å². The van der Waals surface area contributed by atoms with E-state index in [1.807, 2.05) is 0 Å². The molecule has 3 heteroatoms. The highest BCUT2D eigenvalue weighted by molar-refractivity contribution is 4.80. The highest BCUT2D eigenvalue weighted by atomic mass is 16.5. The smallest absolute Gasteiger partial charge is 0.0702 e. The lowest BCUT2D eigenvalue weighted by Crippen LogP contribution is -2.43. The molecule has 1 heterocycles. The fraction of sp³-hybridized carbons (Fsp3) is 1.00. The van der Waals surface area contributed by atoms with Crippen molar-refractivity contribution in [3.05, 3.63) is 0 Å². The van der Waals surface area contributed by atoms with E-state index in [-0.39, 0.29) is 5.41 Å². The van der Waals surface area contributed by atoms with Crippen LogP contribution in [0, 0.1) is 5.41 Å². The Morgan fingerprint density at radius 3 is 2.62 bits per heavy atom. The lowest BCUT2D eigenvalue weighted by atomic mass is 9.87. The Kier molecular flexibility index (Phi) is 5.73. The summed E-state index contributed by atoms with van der Waals surface area (Å²) in [6, 6.07) is 0. The minimum atomic E-state index is 0.259. The second kappa shape index (κ2) is 6.58. The molecule has 1 rings (SSSR count). The van der Waals surface area contributed by atoms with Crippen molar-refractivity contribution in [3.8, 4) is 0 Å². The number of rotatable bonds is 7. The molecule has 0 bridgehead atoms. The zero-order chi connectivity index (χ0) is 12.0. The predicted molar refractivity (Wildman–Crippen MR) is 68.5 cm³/mol. The standard InChI is InChI=1S/C13H28N2O/c1-4-13(3,10-14)11-15(5-2)9-12-7-6-8-16-12/h12H,4-11,14H2,1-3H3. The molecule has 0 aliphatic carbocycles. The maximum absolute atomic E-state index is 5.87. The molecule has 2 atom stereocenters. The summed E-state index contributed by atoms with van der Waals surface area (Å²) in [6.45, 7) is 11.7. The minimum Gasteiger partial charge on any atom is -0.377 e. The molecule has 0 spiro atoms. The number of likely N-dealkylation sites (N-methyl/N-ethyl adjacent to an activating group) is 1. The molecule has 2 unspecified atom stereocenters. The molecular weight excluding hydrogens is 200 g/mol. The third-order valence-electron chi connectivity index (χ3n) is 3.88. The molecule has 1 aliphatic rings. The SMILES string of the molecule is CCN(CC1CCCO1)CC(C)(CC)CN. The molecule has 0 saturated carbocycles. The van der Waals surface area contributed by atoms with Gasteiger partial charge in [-0.15, -0.1) is 0 Å². The molecule has 0 aromatic rings. The van der Waals surface area contributed by atoms with Gasteiger partial charge in [0.2, 0.25) is 0 Å². The first-order valence-corrected chi connectivity index (χ1v) is 6.67. The van der Waals surface area contributed by atoms with Gasteiger partial charge in [0.05, 0.1) is 6.10 Å². The fourth-order valence-corrected chi connectivity index (χ4v) is 2.24. The lowest BCUT2D eigenvalue weighted by Gasteiger charge is -2.34. The molecule has 1 aliphatic heterocycles. The van der Waals surface area contributed by atoms with E-state index in [1.165, 1.54) is 12.8 Å². The highest BCUT2D eigenvalue weighted by Gasteiger charge is 2.25. The normalized spacial score (nSPS) is 24.9. The average molecular weight is 228 g/mol. The Balaban J connectivity index is 2.40. The molecule has 0 aromatic heterocycles. The van der Waals surface area contributed by atoms with Crippen molar-refractivity contribution < 1.29 is 4.74 Å². The summed E-state index contributed by atoms with van der Waals surface area (Å²) in [5.74, 6) is 0. The molecule has 16 heavy (non-hydrogen) atoms. The van der Waals surface area contributed by atoms with Crippen LogP contribution in [0.2, 0.25) is 0 Å². The van der Waals surface area contributed by atoms with Gasteiger partial charge in [-0.1, -0.05) is 20.8 Å². The first-order valence-electron chi connectivity index (χ1n) is 6.67. The van der Waals surface area contributed by atoms with Gasteiger partial charge in [0, 0.05) is 19.7 Å². The molecule has 0 radical (unpaired) electrons. The van der Waals surface area contributed by atoms with Gasteiger partial charge >= 0.3 is 0 Å². The van der Waals surface area contributed by atoms with Gasteiger partial charge < -0.3 is 15.4 Å². The van der Waals surface area contributed by atoms with Crippen molar-refractivity contribution >= 4 is 0 Å². The van der Waals surface area contributed by atoms with Crippen molar-refractivity contribution in [3.63, 3.8) is 0 Å². The van der Waals surface area contributed by atoms with Crippen molar-refractivity contribution in [1.29, 1.82) is 0 Å². The summed E-state index contributed by atoms with van der Waals surface area (Å²) in [5, 5.41) is 0. The number of hydrogen-bond donors (Lipinski definition) is 1. The molecule has 2 N–H and O–H groups in total. The van der Waals surface area contributed by atoms with E-state index in [0.717, 1.165) is 39.2 Å². The van der Waals surface area contributed by atoms with Gasteiger partial charge in [0.25, 0.3) is 0 Å². The zero-order valence-electron chi connectivity index (χ0n) is 11.2. The fourth-order valence-electron chi connectivity index (χ4n) is 2.24. The van der Waals surface area contributed by atoms with E-state index in [4.69, 9.17) is 10.5 Å². The Morgan fingerprint density at radius 2 is 2.19 bits per heavy atom. The van der Waals surface area contributed by atoms with Crippen LogP contribution in [0.4, 0.5) is 0 Å². The molecular formula is C13H28N2O. The lowest BCUT2D eigenvalue weighted by molar-refractivity contribution is 0.0591. The van der Waals surface area contributed by atoms with Gasteiger partial charge in [0.15, 0.2) is 0 Å². The molecule has 1 fully saturated rings. The second-order valence-corrected chi connectivity index (χ2v) is 5.33. The van der Waals surface area contributed by atoms with E-state index in [0.29, 0.717) is 6.10 Å². The van der Waals surface area contributed by atoms with Gasteiger partial charge in [-0.25, -0.2) is 0 Å². The molecule has 96 valence electrons. The number of nitrogens with zero attached hydrogens (tertiary/aromatic N) is 1. The van der Waals surface area contributed by atoms with Crippen LogP contribution in [0.1, 0.15) is 40.0 Å². The van der Waals surface area contributed by atoms with Crippen LogP contribution in [0.15, 0.2) is 0 Å². The van der Waals surface area contributed by atoms with Crippen LogP contribution in [-0.4, -0.2) is 43.8 Å². The molecule has 1 saturated heterocycles. The largest absolute Gasteiger partial charge is 0.377 e. The maximum Gasteiger partial charge on any atom is 0.0702 e. The molecule has 3 nitrogen and oxygen atoms in total. The van der Waals surface area contributed by atoms with E-state index in [9.17, 15) is 0 Å². The third kappa shape index (κ3) is 4.04. The van der Waals surface area contributed by atoms with Gasteiger partial charge in [-0.3, -0.25) is 0 Å². The first kappa shape index (κ1) is 13.9. The summed E-state index contributed by atoms with van der Waals surface area (Å²) in [5.41, 5.74) is 6.13. The average Bonchev–Trinajstić information content (AvgIpc) is 2.80. The Morgan fingerprint density at radius 1 is 1.44 bits per heavy atom. The number of ether oxygens (including phenoxy) is 1. The number of hydrogen-bond acceptors (Lipinski definition) is 3. The zero-order valence-corrected chi connectivity index (χ0v) is 11.2. The van der Waals surface area contributed by atoms with Gasteiger partial charge in [-0.2, -0.15) is 0 Å². The van der Waals surface area contributed by atoms with Crippen molar-refractivity contribution in [1.82, 2.24) is 4.90 Å². The Bertz CT molecular complexity index is 186. The van der Waals surface area contributed by atoms with E-state index < -0.39 is 0 Å². The van der Waals surface area contributed by atoms with Crippen molar-refractivity contribution in [2.45, 2.75) is 46.1 Å². The van der Waals surface area contributed by atoms with Crippen LogP contribution in [0.5, 0.6) is 0 Å². The third-order valence-corrected chi connectivity index (χ3v) is 3.88. The topological polar surface area (TPSA) is 38.5 Å². The van der Waals surface area contributed by atoms with E-state index in [1.54, 1.807) is 0 Å². The minimum absolute atomic E-state index is 0.259. The predicted octanol–water partition coefficient (Wildman–Crippen LogP) is 1.86. The summed E-state index contributed by atoms with van der Waals surface area (Å²) >= 11 is 0. The summed E-state index contributed by atoms with van der Waals surface area (Å²) in [6.07, 6.45) is 4.05. The summed E-state index contributed by atoms with van der Waals surface area (Å²) in [4.78, 5) is 2.49. The summed E-state index contributed by atoms with van der Waals surface area (Å²) in [7, 11) is 0. The van der Waals surface area contributed by atoms with Gasteiger partial charge in [0.1, 0.15) is 0 Å². The quantitative estimate of drug-likeness (QED) is 0.723. The van der Waals surface area contributed by atoms with Crippen LogP contribution < -0.4 is 5.73 Å². The Labute approximate surface area is 100 Å². The monoisotopic (exact) mass is 228 g/mol. The first-order chi connectivity index (χ1) is 7.63. The van der Waals surface area contributed by atoms with Crippen LogP contribution in [-0.2, 0) is 4.74 Å².